The molecule has 0 fully saturated rings. The van der Waals surface area contributed by atoms with E-state index in [-0.39, 0.29) is 18.4 Å². The molecular weight excluding hydrogens is 392 g/mol. The lowest BCUT2D eigenvalue weighted by Gasteiger charge is -2.15. The SMILES string of the molecule is O=C1C(Sc2ccccc2)=C(c2ccc(Cl)cc2)C(=O)N1Cc1cccnc1. The van der Waals surface area contributed by atoms with Crippen LogP contribution in [-0.4, -0.2) is 21.7 Å². The second kappa shape index (κ2) is 8.00. The number of amides is 2. The van der Waals surface area contributed by atoms with Crippen LogP contribution in [0.5, 0.6) is 0 Å². The van der Waals surface area contributed by atoms with Crippen LogP contribution in [0.25, 0.3) is 5.57 Å². The Balaban J connectivity index is 1.74. The first-order chi connectivity index (χ1) is 13.6. The summed E-state index contributed by atoms with van der Waals surface area (Å²) in [5.41, 5.74) is 1.87. The highest BCUT2D eigenvalue weighted by Crippen LogP contribution is 2.40. The normalized spacial score (nSPS) is 14.1. The molecule has 4 nitrogen and oxygen atoms in total. The molecule has 0 bridgehead atoms. The maximum Gasteiger partial charge on any atom is 0.268 e. The summed E-state index contributed by atoms with van der Waals surface area (Å²) in [7, 11) is 0. The monoisotopic (exact) mass is 406 g/mol. The smallest absolute Gasteiger partial charge is 0.268 e. The van der Waals surface area contributed by atoms with Gasteiger partial charge in [0.15, 0.2) is 0 Å². The summed E-state index contributed by atoms with van der Waals surface area (Å²) < 4.78 is 0. The zero-order chi connectivity index (χ0) is 19.5. The van der Waals surface area contributed by atoms with Crippen molar-refractivity contribution < 1.29 is 9.59 Å². The van der Waals surface area contributed by atoms with Gasteiger partial charge in [0.05, 0.1) is 17.0 Å². The van der Waals surface area contributed by atoms with Crippen molar-refractivity contribution in [2.75, 3.05) is 0 Å². The largest absolute Gasteiger partial charge is 0.269 e. The number of thioether (sulfide) groups is 1. The Kier molecular flexibility index (Phi) is 5.28. The number of carbonyl (C=O) groups is 2. The molecule has 0 saturated carbocycles. The van der Waals surface area contributed by atoms with E-state index in [0.29, 0.717) is 21.1 Å². The third kappa shape index (κ3) is 3.72. The fraction of sp³-hybridized carbons (Fsp3) is 0.0455. The molecular formula is C22H15ClN2O2S. The average molecular weight is 407 g/mol. The minimum atomic E-state index is -0.311. The fourth-order valence-corrected chi connectivity index (χ4v) is 4.10. The van der Waals surface area contributed by atoms with Crippen LogP contribution in [0, 0.1) is 0 Å². The van der Waals surface area contributed by atoms with Crippen LogP contribution in [0.4, 0.5) is 0 Å². The number of rotatable bonds is 5. The second-order valence-electron chi connectivity index (χ2n) is 6.18. The standard InChI is InChI=1S/C22H15ClN2O2S/c23-17-10-8-16(9-11-17)19-20(28-18-6-2-1-3-7-18)22(27)25(21(19)26)14-15-5-4-12-24-13-15/h1-13H,14H2. The zero-order valence-electron chi connectivity index (χ0n) is 14.7. The lowest BCUT2D eigenvalue weighted by atomic mass is 10.1. The van der Waals surface area contributed by atoms with Crippen LogP contribution in [0.1, 0.15) is 11.1 Å². The van der Waals surface area contributed by atoms with Gasteiger partial charge in [-0.1, -0.05) is 59.8 Å². The van der Waals surface area contributed by atoms with E-state index in [1.165, 1.54) is 16.7 Å². The average Bonchev–Trinajstić information content (AvgIpc) is 2.95. The number of hydrogen-bond acceptors (Lipinski definition) is 4. The molecule has 1 aromatic heterocycles. The van der Waals surface area contributed by atoms with Gasteiger partial charge in [0.2, 0.25) is 0 Å². The second-order valence-corrected chi connectivity index (χ2v) is 7.70. The highest BCUT2D eigenvalue weighted by Gasteiger charge is 2.39. The summed E-state index contributed by atoms with van der Waals surface area (Å²) in [5, 5.41) is 0.575. The van der Waals surface area contributed by atoms with Gasteiger partial charge in [0.1, 0.15) is 0 Å². The Morgan fingerprint density at radius 1 is 0.893 bits per heavy atom. The molecule has 2 amide bonds. The Hall–Kier alpha value is -2.89. The van der Waals surface area contributed by atoms with Crippen molar-refractivity contribution in [1.29, 1.82) is 0 Å². The predicted octanol–water partition coefficient (Wildman–Crippen LogP) is 4.81. The summed E-state index contributed by atoms with van der Waals surface area (Å²) in [6.45, 7) is 0.182. The topological polar surface area (TPSA) is 50.3 Å². The maximum absolute atomic E-state index is 13.2. The van der Waals surface area contributed by atoms with Crippen molar-refractivity contribution in [1.82, 2.24) is 9.88 Å². The molecule has 0 unspecified atom stereocenters. The molecule has 0 spiro atoms. The lowest BCUT2D eigenvalue weighted by Crippen LogP contribution is -2.30. The molecule has 0 atom stereocenters. The van der Waals surface area contributed by atoms with Gasteiger partial charge in [-0.3, -0.25) is 19.5 Å². The van der Waals surface area contributed by atoms with Crippen LogP contribution in [0.3, 0.4) is 0 Å². The highest BCUT2D eigenvalue weighted by atomic mass is 35.5. The summed E-state index contributed by atoms with van der Waals surface area (Å²) in [5.74, 6) is -0.609. The molecule has 6 heteroatoms. The van der Waals surface area contributed by atoms with Crippen LogP contribution in [-0.2, 0) is 16.1 Å². The minimum absolute atomic E-state index is 0.182. The van der Waals surface area contributed by atoms with Crippen molar-refractivity contribution in [2.45, 2.75) is 11.4 Å². The number of halogens is 1. The van der Waals surface area contributed by atoms with E-state index >= 15 is 0 Å². The molecule has 138 valence electrons. The number of hydrogen-bond donors (Lipinski definition) is 0. The molecule has 2 aromatic carbocycles. The molecule has 1 aliphatic heterocycles. The minimum Gasteiger partial charge on any atom is -0.269 e. The van der Waals surface area contributed by atoms with E-state index < -0.39 is 0 Å². The number of benzene rings is 2. The number of pyridine rings is 1. The zero-order valence-corrected chi connectivity index (χ0v) is 16.3. The highest BCUT2D eigenvalue weighted by molar-refractivity contribution is 8.04. The molecule has 28 heavy (non-hydrogen) atoms. The van der Waals surface area contributed by atoms with E-state index in [1.807, 2.05) is 36.4 Å². The molecule has 0 N–H and O–H groups in total. The molecule has 4 rings (SSSR count). The van der Waals surface area contributed by atoms with Crippen LogP contribution in [0.2, 0.25) is 5.02 Å². The maximum atomic E-state index is 13.2. The molecule has 0 radical (unpaired) electrons. The van der Waals surface area contributed by atoms with Gasteiger partial charge in [-0.25, -0.2) is 0 Å². The van der Waals surface area contributed by atoms with Crippen molar-refractivity contribution in [3.63, 3.8) is 0 Å². The van der Waals surface area contributed by atoms with E-state index in [4.69, 9.17) is 11.6 Å². The van der Waals surface area contributed by atoms with Gasteiger partial charge in [-0.05, 0) is 41.5 Å². The van der Waals surface area contributed by atoms with Crippen molar-refractivity contribution >= 4 is 40.8 Å². The third-order valence-corrected chi connectivity index (χ3v) is 5.63. The van der Waals surface area contributed by atoms with Crippen LogP contribution >= 0.6 is 23.4 Å². The molecule has 2 heterocycles. The predicted molar refractivity (Wildman–Crippen MR) is 110 cm³/mol. The van der Waals surface area contributed by atoms with Crippen molar-refractivity contribution in [3.05, 3.63) is 100 Å². The number of imide groups is 1. The quantitative estimate of drug-likeness (QED) is 0.571. The molecule has 0 saturated heterocycles. The van der Waals surface area contributed by atoms with Crippen molar-refractivity contribution in [3.8, 4) is 0 Å². The van der Waals surface area contributed by atoms with Gasteiger partial charge < -0.3 is 0 Å². The van der Waals surface area contributed by atoms with Crippen LogP contribution < -0.4 is 0 Å². The summed E-state index contributed by atoms with van der Waals surface area (Å²) in [6, 6.07) is 20.1. The lowest BCUT2D eigenvalue weighted by molar-refractivity contribution is -0.137. The number of nitrogens with zero attached hydrogens (tertiary/aromatic N) is 2. The van der Waals surface area contributed by atoms with Gasteiger partial charge in [-0.2, -0.15) is 0 Å². The van der Waals surface area contributed by atoms with E-state index in [9.17, 15) is 9.59 Å². The molecule has 0 aliphatic carbocycles. The van der Waals surface area contributed by atoms with E-state index in [1.54, 1.807) is 42.7 Å². The molecule has 1 aliphatic rings. The van der Waals surface area contributed by atoms with Gasteiger partial charge >= 0.3 is 0 Å². The van der Waals surface area contributed by atoms with E-state index in [0.717, 1.165) is 10.5 Å². The van der Waals surface area contributed by atoms with Gasteiger partial charge in [-0.15, -0.1) is 0 Å². The molecule has 3 aromatic rings. The first kappa shape index (κ1) is 18.5. The van der Waals surface area contributed by atoms with Gasteiger partial charge in [0, 0.05) is 22.3 Å². The number of aromatic nitrogens is 1. The summed E-state index contributed by atoms with van der Waals surface area (Å²) in [6.07, 6.45) is 3.32. The van der Waals surface area contributed by atoms with Crippen LogP contribution in [0.15, 0.2) is 88.9 Å². The fourth-order valence-electron chi connectivity index (χ4n) is 2.94. The Morgan fingerprint density at radius 3 is 2.32 bits per heavy atom. The van der Waals surface area contributed by atoms with Gasteiger partial charge in [0.25, 0.3) is 11.8 Å². The Morgan fingerprint density at radius 2 is 1.64 bits per heavy atom. The summed E-state index contributed by atoms with van der Waals surface area (Å²) >= 11 is 7.30. The Labute approximate surface area is 171 Å². The third-order valence-electron chi connectivity index (χ3n) is 4.28. The summed E-state index contributed by atoms with van der Waals surface area (Å²) in [4.78, 5) is 33.0. The van der Waals surface area contributed by atoms with Crippen molar-refractivity contribution in [2.24, 2.45) is 0 Å². The number of carbonyl (C=O) groups excluding carboxylic acids is 2. The Bertz CT molecular complexity index is 1050. The first-order valence-electron chi connectivity index (χ1n) is 8.61. The first-order valence-corrected chi connectivity index (χ1v) is 9.81. The van der Waals surface area contributed by atoms with E-state index in [2.05, 4.69) is 4.98 Å².